The van der Waals surface area contributed by atoms with E-state index in [2.05, 4.69) is 25.8 Å². The Morgan fingerprint density at radius 2 is 2.00 bits per heavy atom. The SMILES string of the molecule is COc1ccc(NC(=O)Nc2nnc(-c3csc(C)n3)o2)cc1. The summed E-state index contributed by atoms with van der Waals surface area (Å²) >= 11 is 1.48. The first kappa shape index (κ1) is 15.0. The third kappa shape index (κ3) is 3.64. The maximum absolute atomic E-state index is 11.9. The van der Waals surface area contributed by atoms with Crippen LogP contribution >= 0.6 is 11.3 Å². The number of ether oxygens (including phenoxy) is 1. The normalized spacial score (nSPS) is 10.3. The first-order chi connectivity index (χ1) is 11.1. The number of rotatable bonds is 4. The second-order valence-corrected chi connectivity index (χ2v) is 5.53. The van der Waals surface area contributed by atoms with E-state index in [-0.39, 0.29) is 11.9 Å². The molecule has 3 rings (SSSR count). The van der Waals surface area contributed by atoms with E-state index in [1.54, 1.807) is 31.4 Å². The van der Waals surface area contributed by atoms with Gasteiger partial charge in [-0.3, -0.25) is 5.32 Å². The lowest BCUT2D eigenvalue weighted by molar-refractivity contribution is 0.261. The number of benzene rings is 1. The smallest absolute Gasteiger partial charge is 0.327 e. The van der Waals surface area contributed by atoms with Gasteiger partial charge in [0, 0.05) is 11.1 Å². The molecule has 0 saturated heterocycles. The Hall–Kier alpha value is -2.94. The van der Waals surface area contributed by atoms with Gasteiger partial charge in [0.2, 0.25) is 0 Å². The maximum atomic E-state index is 11.9. The number of thiazole rings is 1. The largest absolute Gasteiger partial charge is 0.497 e. The Labute approximate surface area is 135 Å². The quantitative estimate of drug-likeness (QED) is 0.761. The van der Waals surface area contributed by atoms with Gasteiger partial charge in [0.1, 0.15) is 11.4 Å². The van der Waals surface area contributed by atoms with E-state index in [9.17, 15) is 4.79 Å². The van der Waals surface area contributed by atoms with Gasteiger partial charge in [0.25, 0.3) is 5.89 Å². The lowest BCUT2D eigenvalue weighted by Gasteiger charge is -2.05. The van der Waals surface area contributed by atoms with Gasteiger partial charge in [-0.1, -0.05) is 5.10 Å². The van der Waals surface area contributed by atoms with Crippen LogP contribution in [0.15, 0.2) is 34.1 Å². The molecule has 9 heteroatoms. The Morgan fingerprint density at radius 1 is 1.22 bits per heavy atom. The van der Waals surface area contributed by atoms with Crippen LogP contribution in [0.4, 0.5) is 16.5 Å². The van der Waals surface area contributed by atoms with Gasteiger partial charge in [-0.2, -0.15) is 0 Å². The van der Waals surface area contributed by atoms with E-state index in [0.29, 0.717) is 17.1 Å². The molecule has 118 valence electrons. The topological polar surface area (TPSA) is 102 Å². The maximum Gasteiger partial charge on any atom is 0.327 e. The standard InChI is InChI=1S/C14H13N5O3S/c1-8-15-11(7-23-8)12-18-19-14(22-12)17-13(20)16-9-3-5-10(21-2)6-4-9/h3-7H,1-2H3,(H2,16,17,19,20). The Morgan fingerprint density at radius 3 is 2.65 bits per heavy atom. The number of carbonyl (C=O) groups excluding carboxylic acids is 1. The highest BCUT2D eigenvalue weighted by Gasteiger charge is 2.13. The lowest BCUT2D eigenvalue weighted by atomic mass is 10.3. The zero-order chi connectivity index (χ0) is 16.2. The molecule has 0 radical (unpaired) electrons. The van der Waals surface area contributed by atoms with Gasteiger partial charge in [0.05, 0.1) is 12.1 Å². The fourth-order valence-electron chi connectivity index (χ4n) is 1.77. The van der Waals surface area contributed by atoms with Crippen molar-refractivity contribution >= 4 is 29.1 Å². The average Bonchev–Trinajstić information content (AvgIpc) is 3.17. The zero-order valence-corrected chi connectivity index (χ0v) is 13.2. The van der Waals surface area contributed by atoms with Gasteiger partial charge in [-0.15, -0.1) is 16.4 Å². The molecule has 2 amide bonds. The molecule has 0 aliphatic carbocycles. The molecular weight excluding hydrogens is 318 g/mol. The van der Waals surface area contributed by atoms with Gasteiger partial charge in [-0.25, -0.2) is 9.78 Å². The molecule has 3 aromatic rings. The minimum atomic E-state index is -0.486. The molecule has 0 fully saturated rings. The van der Waals surface area contributed by atoms with E-state index in [1.807, 2.05) is 12.3 Å². The van der Waals surface area contributed by atoms with Crippen molar-refractivity contribution in [3.8, 4) is 17.3 Å². The average molecular weight is 331 g/mol. The van der Waals surface area contributed by atoms with E-state index in [0.717, 1.165) is 5.01 Å². The minimum absolute atomic E-state index is 0.00309. The van der Waals surface area contributed by atoms with Crippen LogP contribution in [0.1, 0.15) is 5.01 Å². The molecule has 0 aliphatic rings. The summed E-state index contributed by atoms with van der Waals surface area (Å²) < 4.78 is 10.4. The van der Waals surface area contributed by atoms with Crippen molar-refractivity contribution in [1.82, 2.24) is 15.2 Å². The highest BCUT2D eigenvalue weighted by atomic mass is 32.1. The molecule has 23 heavy (non-hydrogen) atoms. The molecule has 2 N–H and O–H groups in total. The molecular formula is C14H13N5O3S. The number of nitrogens with zero attached hydrogens (tertiary/aromatic N) is 3. The number of carbonyl (C=O) groups is 1. The monoisotopic (exact) mass is 331 g/mol. The number of aromatic nitrogens is 3. The van der Waals surface area contributed by atoms with E-state index in [4.69, 9.17) is 9.15 Å². The number of urea groups is 1. The number of hydrogen-bond acceptors (Lipinski definition) is 7. The van der Waals surface area contributed by atoms with Crippen LogP contribution in [0.3, 0.4) is 0 Å². The summed E-state index contributed by atoms with van der Waals surface area (Å²) in [4.78, 5) is 16.1. The first-order valence-corrected chi connectivity index (χ1v) is 7.50. The Balaban J connectivity index is 1.62. The van der Waals surface area contributed by atoms with Crippen LogP contribution in [-0.4, -0.2) is 28.3 Å². The van der Waals surface area contributed by atoms with Crippen molar-refractivity contribution in [2.24, 2.45) is 0 Å². The number of aryl methyl sites for hydroxylation is 1. The van der Waals surface area contributed by atoms with Crippen molar-refractivity contribution in [2.45, 2.75) is 6.92 Å². The fourth-order valence-corrected chi connectivity index (χ4v) is 2.36. The van der Waals surface area contributed by atoms with Crippen molar-refractivity contribution in [2.75, 3.05) is 17.7 Å². The Bertz CT molecular complexity index is 812. The van der Waals surface area contributed by atoms with E-state index >= 15 is 0 Å². The lowest BCUT2D eigenvalue weighted by Crippen LogP contribution is -2.19. The van der Waals surface area contributed by atoms with Crippen LogP contribution in [-0.2, 0) is 0 Å². The van der Waals surface area contributed by atoms with Crippen LogP contribution in [0, 0.1) is 6.92 Å². The second kappa shape index (κ2) is 6.44. The summed E-state index contributed by atoms with van der Waals surface area (Å²) in [5.74, 6) is 0.963. The van der Waals surface area contributed by atoms with Crippen molar-refractivity contribution < 1.29 is 13.9 Å². The number of methoxy groups -OCH3 is 1. The van der Waals surface area contributed by atoms with Gasteiger partial charge in [-0.05, 0) is 31.2 Å². The number of anilines is 2. The summed E-state index contributed by atoms with van der Waals surface area (Å²) in [6, 6.07) is 6.43. The van der Waals surface area contributed by atoms with E-state index < -0.39 is 6.03 Å². The number of nitrogens with one attached hydrogen (secondary N) is 2. The molecule has 0 aliphatic heterocycles. The van der Waals surface area contributed by atoms with Gasteiger partial charge in [0.15, 0.2) is 0 Å². The summed E-state index contributed by atoms with van der Waals surface area (Å²) in [6.45, 7) is 1.88. The predicted octanol–water partition coefficient (Wildman–Crippen LogP) is 3.15. The summed E-state index contributed by atoms with van der Waals surface area (Å²) in [7, 11) is 1.58. The van der Waals surface area contributed by atoms with Crippen LogP contribution in [0.2, 0.25) is 0 Å². The van der Waals surface area contributed by atoms with Gasteiger partial charge < -0.3 is 14.5 Å². The summed E-state index contributed by atoms with van der Waals surface area (Å²) in [5.41, 5.74) is 1.20. The second-order valence-electron chi connectivity index (χ2n) is 4.47. The van der Waals surface area contributed by atoms with E-state index in [1.165, 1.54) is 11.3 Å². The minimum Gasteiger partial charge on any atom is -0.497 e. The third-order valence-corrected chi connectivity index (χ3v) is 3.60. The summed E-state index contributed by atoms with van der Waals surface area (Å²) in [6.07, 6.45) is 0. The molecule has 0 atom stereocenters. The molecule has 0 bridgehead atoms. The zero-order valence-electron chi connectivity index (χ0n) is 12.4. The first-order valence-electron chi connectivity index (χ1n) is 6.62. The van der Waals surface area contributed by atoms with Gasteiger partial charge >= 0.3 is 12.0 Å². The molecule has 1 aromatic carbocycles. The number of amides is 2. The fraction of sp³-hybridized carbons (Fsp3) is 0.143. The van der Waals surface area contributed by atoms with Crippen LogP contribution in [0.5, 0.6) is 5.75 Å². The molecule has 0 spiro atoms. The molecule has 0 unspecified atom stereocenters. The highest BCUT2D eigenvalue weighted by Crippen LogP contribution is 2.21. The Kier molecular flexibility index (Phi) is 4.20. The molecule has 2 heterocycles. The van der Waals surface area contributed by atoms with Crippen LogP contribution in [0.25, 0.3) is 11.6 Å². The molecule has 2 aromatic heterocycles. The molecule has 8 nitrogen and oxygen atoms in total. The third-order valence-electron chi connectivity index (χ3n) is 2.83. The summed E-state index contributed by atoms with van der Waals surface area (Å²) in [5, 5.41) is 15.4. The predicted molar refractivity (Wildman–Crippen MR) is 85.8 cm³/mol. The van der Waals surface area contributed by atoms with Crippen molar-refractivity contribution in [3.05, 3.63) is 34.7 Å². The van der Waals surface area contributed by atoms with Crippen molar-refractivity contribution in [3.63, 3.8) is 0 Å². The number of hydrogen-bond donors (Lipinski definition) is 2. The molecule has 0 saturated carbocycles. The van der Waals surface area contributed by atoms with Crippen LogP contribution < -0.4 is 15.4 Å². The van der Waals surface area contributed by atoms with Crippen molar-refractivity contribution in [1.29, 1.82) is 0 Å². The highest BCUT2D eigenvalue weighted by molar-refractivity contribution is 7.09.